The fraction of sp³-hybridized carbons (Fsp3) is 0.480. The molecule has 1 amide bonds. The molecule has 0 heterocycles. The van der Waals surface area contributed by atoms with Gasteiger partial charge in [-0.1, -0.05) is 70.5 Å². The Morgan fingerprint density at radius 3 is 2.34 bits per heavy atom. The fourth-order valence-corrected chi connectivity index (χ4v) is 3.11. The van der Waals surface area contributed by atoms with Gasteiger partial charge in [0.25, 0.3) is 0 Å². The highest BCUT2D eigenvalue weighted by molar-refractivity contribution is 6.36. The van der Waals surface area contributed by atoms with Gasteiger partial charge in [-0.15, -0.1) is 0 Å². The summed E-state index contributed by atoms with van der Waals surface area (Å²) in [5.74, 6) is -0.457. The number of nitrogens with one attached hydrogen (secondary N) is 1. The molecule has 1 aromatic rings. The molecule has 0 aliphatic heterocycles. The largest absolute Gasteiger partial charge is 0.505 e. The Labute approximate surface area is 203 Å². The van der Waals surface area contributed by atoms with Crippen molar-refractivity contribution in [3.63, 3.8) is 0 Å². The van der Waals surface area contributed by atoms with Gasteiger partial charge in [0.1, 0.15) is 0 Å². The minimum absolute atomic E-state index is 0.360. The molecule has 1 aromatic carbocycles. The third kappa shape index (κ3) is 13.4. The molecule has 0 atom stereocenters. The van der Waals surface area contributed by atoms with E-state index in [0.29, 0.717) is 22.2 Å². The van der Waals surface area contributed by atoms with Gasteiger partial charge >= 0.3 is 0 Å². The maximum Gasteiger partial charge on any atom is 0.211 e. The van der Waals surface area contributed by atoms with Crippen molar-refractivity contribution in [3.05, 3.63) is 58.5 Å². The van der Waals surface area contributed by atoms with Crippen LogP contribution >= 0.6 is 23.2 Å². The number of anilines is 1. The van der Waals surface area contributed by atoms with E-state index < -0.39 is 11.6 Å². The number of aromatic hydroxyl groups is 1. The van der Waals surface area contributed by atoms with Crippen LogP contribution in [-0.4, -0.2) is 29.5 Å². The lowest BCUT2D eigenvalue weighted by Crippen LogP contribution is -2.26. The number of allylic oxidation sites excluding steroid dienone is 4. The molecule has 2 N–H and O–H groups in total. The summed E-state index contributed by atoms with van der Waals surface area (Å²) < 4.78 is 12.4. The number of phenolic OH excluding ortho intramolecular Hbond substituents is 1. The van der Waals surface area contributed by atoms with Gasteiger partial charge in [0.05, 0.1) is 15.8 Å². The van der Waals surface area contributed by atoms with Crippen LogP contribution in [0.1, 0.15) is 60.8 Å². The molecule has 0 saturated carbocycles. The molecule has 0 bridgehead atoms. The summed E-state index contributed by atoms with van der Waals surface area (Å²) in [4.78, 5) is 12.2. The van der Waals surface area contributed by atoms with E-state index in [9.17, 15) is 9.18 Å². The maximum atomic E-state index is 12.4. The second-order valence-corrected chi connectivity index (χ2v) is 7.80. The zero-order valence-electron chi connectivity index (χ0n) is 20.2. The average Bonchev–Trinajstić information content (AvgIpc) is 2.78. The van der Waals surface area contributed by atoms with Crippen LogP contribution in [0.25, 0.3) is 0 Å². The first-order chi connectivity index (χ1) is 15.2. The molecule has 0 aliphatic carbocycles. The van der Waals surface area contributed by atoms with E-state index in [1.807, 2.05) is 26.8 Å². The highest BCUT2D eigenvalue weighted by Crippen LogP contribution is 2.27. The van der Waals surface area contributed by atoms with Gasteiger partial charge in [-0.2, -0.15) is 0 Å². The molecular formula is C25H39Cl2FN2O2. The molecule has 0 spiro atoms. The number of hydrogen-bond donors (Lipinski definition) is 2. The smallest absolute Gasteiger partial charge is 0.211 e. The van der Waals surface area contributed by atoms with Crippen LogP contribution in [0, 0.1) is 11.7 Å². The molecule has 1 rings (SSSR count). The molecule has 0 aromatic heterocycles. The molecular weight excluding hydrogens is 450 g/mol. The van der Waals surface area contributed by atoms with Crippen molar-refractivity contribution in [1.29, 1.82) is 0 Å². The van der Waals surface area contributed by atoms with Crippen molar-refractivity contribution >= 4 is 35.3 Å². The number of rotatable bonds is 11. The molecule has 32 heavy (non-hydrogen) atoms. The number of carbonyl (C=O) groups excluding carboxylic acids is 1. The Morgan fingerprint density at radius 1 is 1.28 bits per heavy atom. The van der Waals surface area contributed by atoms with Crippen LogP contribution < -0.4 is 5.32 Å². The molecule has 0 unspecified atom stereocenters. The zero-order valence-corrected chi connectivity index (χ0v) is 21.7. The van der Waals surface area contributed by atoms with Gasteiger partial charge in [0.15, 0.2) is 11.6 Å². The van der Waals surface area contributed by atoms with Crippen molar-refractivity contribution < 1.29 is 14.3 Å². The topological polar surface area (TPSA) is 52.6 Å². The first-order valence-corrected chi connectivity index (χ1v) is 11.7. The van der Waals surface area contributed by atoms with Gasteiger partial charge in [-0.05, 0) is 50.3 Å². The zero-order chi connectivity index (χ0) is 25.1. The normalized spacial score (nSPS) is 11.4. The second kappa shape index (κ2) is 19.7. The van der Waals surface area contributed by atoms with Crippen LogP contribution in [0.2, 0.25) is 0 Å². The lowest BCUT2D eigenvalue weighted by Gasteiger charge is -2.28. The summed E-state index contributed by atoms with van der Waals surface area (Å²) in [6.07, 6.45) is 7.43. The molecule has 0 aliphatic rings. The SMILES string of the molecule is C=C/C(Cl)=C(\C(Cl)=C/C)N(CCC)CCCC(C)C.CC.O=CNc1ccc(F)c(O)c1. The van der Waals surface area contributed by atoms with Crippen molar-refractivity contribution in [2.45, 2.75) is 60.8 Å². The van der Waals surface area contributed by atoms with Crippen LogP contribution in [0.15, 0.2) is 52.7 Å². The van der Waals surface area contributed by atoms with Gasteiger partial charge < -0.3 is 15.3 Å². The molecule has 0 fully saturated rings. The Hall–Kier alpha value is -1.98. The Kier molecular flexibility index (Phi) is 19.8. The number of benzene rings is 1. The second-order valence-electron chi connectivity index (χ2n) is 6.99. The van der Waals surface area contributed by atoms with Gasteiger partial charge in [0, 0.05) is 24.8 Å². The third-order valence-corrected chi connectivity index (χ3v) is 4.81. The molecule has 4 nitrogen and oxygen atoms in total. The quantitative estimate of drug-likeness (QED) is 0.244. The maximum absolute atomic E-state index is 12.4. The first kappa shape index (κ1) is 32.2. The number of carbonyl (C=O) groups is 1. The highest BCUT2D eigenvalue weighted by atomic mass is 35.5. The first-order valence-electron chi connectivity index (χ1n) is 11.0. The Balaban J connectivity index is 0. The number of nitrogens with zero attached hydrogens (tertiary/aromatic N) is 1. The van der Waals surface area contributed by atoms with Crippen LogP contribution in [0.5, 0.6) is 5.75 Å². The fourth-order valence-electron chi connectivity index (χ4n) is 2.62. The summed E-state index contributed by atoms with van der Waals surface area (Å²) in [6.45, 7) is 18.3. The van der Waals surface area contributed by atoms with E-state index in [4.69, 9.17) is 28.3 Å². The van der Waals surface area contributed by atoms with E-state index in [0.717, 1.165) is 49.7 Å². The van der Waals surface area contributed by atoms with Gasteiger partial charge in [-0.25, -0.2) is 4.39 Å². The number of hydrogen-bond acceptors (Lipinski definition) is 3. The van der Waals surface area contributed by atoms with Crippen molar-refractivity contribution in [2.24, 2.45) is 5.92 Å². The molecule has 7 heteroatoms. The van der Waals surface area contributed by atoms with Crippen LogP contribution in [-0.2, 0) is 4.79 Å². The molecule has 182 valence electrons. The summed E-state index contributed by atoms with van der Waals surface area (Å²) in [5, 5.41) is 12.4. The minimum atomic E-state index is -0.707. The van der Waals surface area contributed by atoms with E-state index in [1.165, 1.54) is 12.5 Å². The lowest BCUT2D eigenvalue weighted by molar-refractivity contribution is -0.105. The summed E-state index contributed by atoms with van der Waals surface area (Å²) in [7, 11) is 0. The van der Waals surface area contributed by atoms with E-state index in [2.05, 4.69) is 37.6 Å². The van der Waals surface area contributed by atoms with Crippen LogP contribution in [0.3, 0.4) is 0 Å². The molecule has 0 radical (unpaired) electrons. The van der Waals surface area contributed by atoms with E-state index in [1.54, 1.807) is 6.08 Å². The third-order valence-electron chi connectivity index (χ3n) is 4.08. The van der Waals surface area contributed by atoms with Crippen molar-refractivity contribution in [1.82, 2.24) is 4.90 Å². The number of amides is 1. The highest BCUT2D eigenvalue weighted by Gasteiger charge is 2.15. The Morgan fingerprint density at radius 2 is 1.91 bits per heavy atom. The van der Waals surface area contributed by atoms with E-state index in [-0.39, 0.29) is 0 Å². The van der Waals surface area contributed by atoms with Crippen molar-refractivity contribution in [3.8, 4) is 5.75 Å². The van der Waals surface area contributed by atoms with Crippen LogP contribution in [0.4, 0.5) is 10.1 Å². The summed E-state index contributed by atoms with van der Waals surface area (Å²) in [6, 6.07) is 3.55. The number of phenols is 1. The predicted octanol–water partition coefficient (Wildman–Crippen LogP) is 8.04. The van der Waals surface area contributed by atoms with Gasteiger partial charge in [-0.3, -0.25) is 4.79 Å². The average molecular weight is 490 g/mol. The van der Waals surface area contributed by atoms with Gasteiger partial charge in [0.2, 0.25) is 6.41 Å². The summed E-state index contributed by atoms with van der Waals surface area (Å²) in [5.41, 5.74) is 1.27. The number of halogens is 3. The van der Waals surface area contributed by atoms with Crippen molar-refractivity contribution in [2.75, 3.05) is 18.4 Å². The predicted molar refractivity (Wildman–Crippen MR) is 138 cm³/mol. The lowest BCUT2D eigenvalue weighted by atomic mass is 10.1. The Bertz CT molecular complexity index is 735. The summed E-state index contributed by atoms with van der Waals surface area (Å²) >= 11 is 12.6. The standard InChI is InChI=1S/C16H27Cl2N.C7H6FNO2.C2H6/c1-6-11-19(12-9-10-13(4)5)16(14(17)7-2)15(18)8-3;8-6-2-1-5(9-4-10)3-7(6)11;1-2/h7-8,13H,2,6,9-12H2,1,3-5H3;1-4,11H,(H,9,10);1-2H3/b15-8+,16-14-;;. The monoisotopic (exact) mass is 488 g/mol. The van der Waals surface area contributed by atoms with E-state index >= 15 is 0 Å². The minimum Gasteiger partial charge on any atom is -0.505 e. The molecule has 0 saturated heterocycles.